The predicted octanol–water partition coefficient (Wildman–Crippen LogP) is 3.71. The first-order valence-corrected chi connectivity index (χ1v) is 8.46. The van der Waals surface area contributed by atoms with Gasteiger partial charge in [0.05, 0.1) is 4.92 Å². The van der Waals surface area contributed by atoms with Crippen molar-refractivity contribution in [3.05, 3.63) is 45.6 Å². The first-order valence-electron chi connectivity index (χ1n) is 8.08. The average Bonchev–Trinajstić information content (AvgIpc) is 2.60. The van der Waals surface area contributed by atoms with Crippen LogP contribution in [0.5, 0.6) is 0 Å². The highest BCUT2D eigenvalue weighted by molar-refractivity contribution is 6.30. The molecule has 0 amide bonds. The van der Waals surface area contributed by atoms with Crippen molar-refractivity contribution in [3.8, 4) is 0 Å². The number of unbranched alkanes of at least 4 members (excludes halogenated alkanes) is 3. The topological polar surface area (TPSA) is 119 Å². The van der Waals surface area contributed by atoms with Crippen molar-refractivity contribution in [2.45, 2.75) is 25.7 Å². The van der Waals surface area contributed by atoms with Gasteiger partial charge in [-0.3, -0.25) is 10.1 Å². The Kier molecular flexibility index (Phi) is 7.36. The summed E-state index contributed by atoms with van der Waals surface area (Å²) < 4.78 is 0. The van der Waals surface area contributed by atoms with E-state index in [1.54, 1.807) is 24.3 Å². The smallest absolute Gasteiger partial charge is 0.329 e. The van der Waals surface area contributed by atoms with Crippen LogP contribution < -0.4 is 16.4 Å². The van der Waals surface area contributed by atoms with Gasteiger partial charge >= 0.3 is 5.69 Å². The van der Waals surface area contributed by atoms with E-state index in [-0.39, 0.29) is 17.5 Å². The maximum atomic E-state index is 11.1. The zero-order valence-corrected chi connectivity index (χ0v) is 14.5. The highest BCUT2D eigenvalue weighted by atomic mass is 35.5. The number of hydrogen-bond acceptors (Lipinski definition) is 7. The second-order valence-electron chi connectivity index (χ2n) is 5.45. The quantitative estimate of drug-likeness (QED) is 0.334. The van der Waals surface area contributed by atoms with Gasteiger partial charge in [-0.05, 0) is 43.7 Å². The third-order valence-corrected chi connectivity index (χ3v) is 3.74. The molecule has 0 bridgehead atoms. The summed E-state index contributed by atoms with van der Waals surface area (Å²) in [6.07, 6.45) is 5.14. The Balaban J connectivity index is 2.02. The summed E-state index contributed by atoms with van der Waals surface area (Å²) in [6.45, 7) is 1.29. The highest BCUT2D eigenvalue weighted by Gasteiger charge is 2.17. The number of nitrogens with zero attached hydrogens (tertiary/aromatic N) is 3. The second kappa shape index (κ2) is 9.75. The lowest BCUT2D eigenvalue weighted by Gasteiger charge is -2.09. The molecule has 0 fully saturated rings. The Morgan fingerprint density at radius 2 is 1.88 bits per heavy atom. The lowest BCUT2D eigenvalue weighted by molar-refractivity contribution is -0.384. The number of rotatable bonds is 10. The van der Waals surface area contributed by atoms with Gasteiger partial charge in [-0.2, -0.15) is 4.98 Å². The summed E-state index contributed by atoms with van der Waals surface area (Å²) in [6, 6.07) is 7.01. The number of anilines is 3. The summed E-state index contributed by atoms with van der Waals surface area (Å²) in [5.41, 5.74) is 6.05. The number of nitro groups is 1. The van der Waals surface area contributed by atoms with Crippen LogP contribution >= 0.6 is 11.6 Å². The number of halogens is 1. The minimum absolute atomic E-state index is 0.149. The van der Waals surface area contributed by atoms with Crippen LogP contribution in [0.1, 0.15) is 25.7 Å². The van der Waals surface area contributed by atoms with E-state index in [1.807, 2.05) is 0 Å². The zero-order valence-electron chi connectivity index (χ0n) is 13.7. The maximum Gasteiger partial charge on any atom is 0.329 e. The molecule has 0 unspecified atom stereocenters. The Labute approximate surface area is 151 Å². The number of aromatic nitrogens is 2. The van der Waals surface area contributed by atoms with E-state index >= 15 is 0 Å². The molecule has 0 radical (unpaired) electrons. The van der Waals surface area contributed by atoms with Gasteiger partial charge in [-0.15, -0.1) is 0 Å². The Bertz CT molecular complexity index is 696. The van der Waals surface area contributed by atoms with Gasteiger partial charge < -0.3 is 16.4 Å². The van der Waals surface area contributed by atoms with E-state index in [2.05, 4.69) is 20.6 Å². The molecule has 0 spiro atoms. The Hall–Kier alpha value is -2.45. The fourth-order valence-electron chi connectivity index (χ4n) is 2.19. The largest absolute Gasteiger partial charge is 0.364 e. The summed E-state index contributed by atoms with van der Waals surface area (Å²) in [5.74, 6) is 0.480. The van der Waals surface area contributed by atoms with Crippen molar-refractivity contribution in [1.29, 1.82) is 0 Å². The molecule has 2 rings (SSSR count). The number of benzene rings is 1. The van der Waals surface area contributed by atoms with Crippen molar-refractivity contribution < 1.29 is 4.92 Å². The van der Waals surface area contributed by atoms with Crippen LogP contribution in [0.15, 0.2) is 30.5 Å². The van der Waals surface area contributed by atoms with Crippen molar-refractivity contribution in [2.75, 3.05) is 23.7 Å². The number of nitrogens with two attached hydrogens (primary N) is 1. The average molecular weight is 365 g/mol. The van der Waals surface area contributed by atoms with Crippen LogP contribution in [-0.4, -0.2) is 28.0 Å². The lowest BCUT2D eigenvalue weighted by atomic mass is 10.2. The first kappa shape index (κ1) is 18.9. The first-order chi connectivity index (χ1) is 12.1. The van der Waals surface area contributed by atoms with E-state index in [9.17, 15) is 10.1 Å². The molecule has 2 aromatic rings. The number of hydrogen-bond donors (Lipinski definition) is 3. The lowest BCUT2D eigenvalue weighted by Crippen LogP contribution is -2.09. The fraction of sp³-hybridized carbons (Fsp3) is 0.375. The molecule has 25 heavy (non-hydrogen) atoms. The molecule has 0 saturated carbocycles. The van der Waals surface area contributed by atoms with Crippen molar-refractivity contribution in [1.82, 2.24) is 9.97 Å². The molecular formula is C16H21ClN6O2. The van der Waals surface area contributed by atoms with Crippen molar-refractivity contribution >= 4 is 34.7 Å². The molecule has 4 N–H and O–H groups in total. The van der Waals surface area contributed by atoms with Gasteiger partial charge in [0.15, 0.2) is 0 Å². The van der Waals surface area contributed by atoms with Crippen molar-refractivity contribution in [2.24, 2.45) is 5.73 Å². The summed E-state index contributed by atoms with van der Waals surface area (Å²) >= 11 is 5.85. The standard InChI is InChI=1S/C16H21ClN6O2/c17-12-5-7-13(8-6-12)21-16-20-11-14(23(24)25)15(22-16)19-10-4-2-1-3-9-18/h5-8,11H,1-4,9-10,18H2,(H2,19,20,21,22). The van der Waals surface area contributed by atoms with Crippen LogP contribution in [0.25, 0.3) is 0 Å². The van der Waals surface area contributed by atoms with Crippen LogP contribution in [0.2, 0.25) is 5.02 Å². The minimum Gasteiger partial charge on any atom is -0.364 e. The molecule has 1 aromatic heterocycles. The minimum atomic E-state index is -0.497. The molecule has 0 aliphatic rings. The molecule has 0 aliphatic heterocycles. The molecule has 9 heteroatoms. The molecule has 8 nitrogen and oxygen atoms in total. The van der Waals surface area contributed by atoms with Crippen molar-refractivity contribution in [3.63, 3.8) is 0 Å². The van der Waals surface area contributed by atoms with Gasteiger partial charge in [0.25, 0.3) is 0 Å². The van der Waals surface area contributed by atoms with E-state index in [0.29, 0.717) is 18.1 Å². The molecule has 134 valence electrons. The van der Waals surface area contributed by atoms with Crippen LogP contribution in [0.4, 0.5) is 23.1 Å². The summed E-state index contributed by atoms with van der Waals surface area (Å²) in [5, 5.41) is 17.8. The third kappa shape index (κ3) is 6.17. The summed E-state index contributed by atoms with van der Waals surface area (Å²) in [4.78, 5) is 18.9. The van der Waals surface area contributed by atoms with E-state index in [0.717, 1.165) is 31.4 Å². The molecule has 0 saturated heterocycles. The highest BCUT2D eigenvalue weighted by Crippen LogP contribution is 2.24. The van der Waals surface area contributed by atoms with Gasteiger partial charge in [0.1, 0.15) is 6.20 Å². The molecule has 0 atom stereocenters. The van der Waals surface area contributed by atoms with Gasteiger partial charge in [0.2, 0.25) is 11.8 Å². The maximum absolute atomic E-state index is 11.1. The monoisotopic (exact) mass is 364 g/mol. The van der Waals surface area contributed by atoms with Gasteiger partial charge in [0, 0.05) is 17.3 Å². The van der Waals surface area contributed by atoms with E-state index < -0.39 is 4.92 Å². The van der Waals surface area contributed by atoms with Crippen LogP contribution in [0, 0.1) is 10.1 Å². The van der Waals surface area contributed by atoms with Crippen LogP contribution in [-0.2, 0) is 0 Å². The second-order valence-corrected chi connectivity index (χ2v) is 5.88. The summed E-state index contributed by atoms with van der Waals surface area (Å²) in [7, 11) is 0. The molecule has 1 aromatic carbocycles. The molecular weight excluding hydrogens is 344 g/mol. The van der Waals surface area contributed by atoms with Gasteiger partial charge in [-0.1, -0.05) is 24.4 Å². The van der Waals surface area contributed by atoms with Gasteiger partial charge in [-0.25, -0.2) is 4.98 Å². The predicted molar refractivity (Wildman–Crippen MR) is 99.4 cm³/mol. The normalized spacial score (nSPS) is 10.5. The molecule has 0 aliphatic carbocycles. The third-order valence-electron chi connectivity index (χ3n) is 3.49. The van der Waals surface area contributed by atoms with E-state index in [4.69, 9.17) is 17.3 Å². The van der Waals surface area contributed by atoms with E-state index in [1.165, 1.54) is 6.20 Å². The van der Waals surface area contributed by atoms with Crippen LogP contribution in [0.3, 0.4) is 0 Å². The Morgan fingerprint density at radius 1 is 1.16 bits per heavy atom. The SMILES string of the molecule is NCCCCCCNc1nc(Nc2ccc(Cl)cc2)ncc1[N+](=O)[O-]. The fourth-order valence-corrected chi connectivity index (χ4v) is 2.32. The zero-order chi connectivity index (χ0) is 18.1. The Morgan fingerprint density at radius 3 is 2.56 bits per heavy atom. The number of nitrogens with one attached hydrogen (secondary N) is 2. The molecule has 1 heterocycles.